The average molecular weight is 406 g/mol. The number of aromatic nitrogens is 5. The Kier molecular flexibility index (Phi) is 3.76. The predicted octanol–water partition coefficient (Wildman–Crippen LogP) is 3.76. The van der Waals surface area contributed by atoms with Crippen molar-refractivity contribution in [1.29, 1.82) is 0 Å². The van der Waals surface area contributed by atoms with E-state index in [9.17, 15) is 4.79 Å². The highest BCUT2D eigenvalue weighted by Crippen LogP contribution is 2.25. The van der Waals surface area contributed by atoms with Crippen LogP contribution in [0.4, 0.5) is 0 Å². The SMILES string of the molecule is O=c1c2c3nc4ccccc4nc3n(/N=C/c3ccco3)c2ncn1-c1ccccc1. The minimum Gasteiger partial charge on any atom is -0.463 e. The lowest BCUT2D eigenvalue weighted by atomic mass is 10.3. The van der Waals surface area contributed by atoms with Crippen molar-refractivity contribution in [1.82, 2.24) is 24.2 Å². The zero-order valence-corrected chi connectivity index (χ0v) is 16.1. The number of para-hydroxylation sites is 3. The van der Waals surface area contributed by atoms with Crippen LogP contribution >= 0.6 is 0 Å². The third kappa shape index (κ3) is 2.73. The number of furan rings is 1. The molecule has 0 unspecified atom stereocenters. The highest BCUT2D eigenvalue weighted by atomic mass is 16.3. The number of hydrogen-bond donors (Lipinski definition) is 0. The first kappa shape index (κ1) is 17.3. The zero-order chi connectivity index (χ0) is 20.8. The van der Waals surface area contributed by atoms with Crippen LogP contribution in [0.1, 0.15) is 5.76 Å². The van der Waals surface area contributed by atoms with Gasteiger partial charge in [-0.05, 0) is 36.4 Å². The number of fused-ring (bicyclic) bond motifs is 4. The maximum Gasteiger partial charge on any atom is 0.269 e. The molecule has 0 saturated carbocycles. The molecule has 0 saturated heterocycles. The van der Waals surface area contributed by atoms with Gasteiger partial charge in [0.2, 0.25) is 0 Å². The van der Waals surface area contributed by atoms with E-state index in [1.165, 1.54) is 15.6 Å². The summed E-state index contributed by atoms with van der Waals surface area (Å²) in [7, 11) is 0. The van der Waals surface area contributed by atoms with Crippen molar-refractivity contribution in [2.45, 2.75) is 0 Å². The Morgan fingerprint density at radius 1 is 0.871 bits per heavy atom. The first-order valence-electron chi connectivity index (χ1n) is 9.61. The Bertz CT molecular complexity index is 1650. The Balaban J connectivity index is 1.72. The lowest BCUT2D eigenvalue weighted by Crippen LogP contribution is -2.18. The molecule has 0 atom stereocenters. The van der Waals surface area contributed by atoms with Gasteiger partial charge in [0.1, 0.15) is 23.0 Å². The summed E-state index contributed by atoms with van der Waals surface area (Å²) in [4.78, 5) is 27.5. The van der Waals surface area contributed by atoms with E-state index in [2.05, 4.69) is 10.1 Å². The molecule has 31 heavy (non-hydrogen) atoms. The van der Waals surface area contributed by atoms with Crippen molar-refractivity contribution in [3.8, 4) is 5.69 Å². The largest absolute Gasteiger partial charge is 0.463 e. The van der Waals surface area contributed by atoms with Gasteiger partial charge in [0.15, 0.2) is 11.3 Å². The monoisotopic (exact) mass is 406 g/mol. The highest BCUT2D eigenvalue weighted by molar-refractivity contribution is 6.04. The smallest absolute Gasteiger partial charge is 0.269 e. The van der Waals surface area contributed by atoms with Crippen LogP contribution in [-0.2, 0) is 0 Å². The van der Waals surface area contributed by atoms with Crippen LogP contribution in [0.15, 0.2) is 93.6 Å². The highest BCUT2D eigenvalue weighted by Gasteiger charge is 2.20. The van der Waals surface area contributed by atoms with Gasteiger partial charge < -0.3 is 4.42 Å². The molecular weight excluding hydrogens is 392 g/mol. The van der Waals surface area contributed by atoms with Crippen LogP contribution in [0, 0.1) is 0 Å². The fourth-order valence-corrected chi connectivity index (χ4v) is 3.58. The second kappa shape index (κ2) is 6.74. The van der Waals surface area contributed by atoms with Crippen LogP contribution in [0.2, 0.25) is 0 Å². The molecule has 6 rings (SSSR count). The van der Waals surface area contributed by atoms with Crippen molar-refractivity contribution in [2.75, 3.05) is 0 Å². The normalized spacial score (nSPS) is 11.9. The van der Waals surface area contributed by atoms with Crippen molar-refractivity contribution >= 4 is 39.4 Å². The van der Waals surface area contributed by atoms with Crippen molar-refractivity contribution in [3.63, 3.8) is 0 Å². The summed E-state index contributed by atoms with van der Waals surface area (Å²) in [5.41, 5.74) is 3.16. The molecule has 6 aromatic rings. The van der Waals surface area contributed by atoms with Crippen LogP contribution in [-0.4, -0.2) is 30.4 Å². The fraction of sp³-hybridized carbons (Fsp3) is 0. The number of rotatable bonds is 3. The van der Waals surface area contributed by atoms with Crippen molar-refractivity contribution in [3.05, 3.63) is 95.4 Å². The summed E-state index contributed by atoms with van der Waals surface area (Å²) < 4.78 is 8.37. The molecule has 0 amide bonds. The summed E-state index contributed by atoms with van der Waals surface area (Å²) in [5.74, 6) is 0.571. The Labute approximate surface area is 174 Å². The van der Waals surface area contributed by atoms with E-state index in [-0.39, 0.29) is 5.56 Å². The second-order valence-electron chi connectivity index (χ2n) is 6.91. The topological polar surface area (TPSA) is 91.1 Å². The number of benzene rings is 2. The molecule has 148 valence electrons. The minimum atomic E-state index is -0.238. The molecule has 0 aliphatic rings. The molecule has 4 aromatic heterocycles. The molecule has 0 aliphatic heterocycles. The van der Waals surface area contributed by atoms with Gasteiger partial charge in [-0.2, -0.15) is 9.78 Å². The molecule has 0 aliphatic carbocycles. The van der Waals surface area contributed by atoms with E-state index in [4.69, 9.17) is 14.4 Å². The molecule has 2 aromatic carbocycles. The van der Waals surface area contributed by atoms with Gasteiger partial charge >= 0.3 is 0 Å². The molecule has 0 N–H and O–H groups in total. The van der Waals surface area contributed by atoms with Crippen LogP contribution in [0.25, 0.3) is 38.9 Å². The lowest BCUT2D eigenvalue weighted by molar-refractivity contribution is 0.559. The second-order valence-corrected chi connectivity index (χ2v) is 6.91. The molecule has 0 bridgehead atoms. The van der Waals surface area contributed by atoms with Gasteiger partial charge in [0.05, 0.1) is 29.2 Å². The Morgan fingerprint density at radius 3 is 2.42 bits per heavy atom. The summed E-state index contributed by atoms with van der Waals surface area (Å²) in [6, 6.07) is 20.4. The summed E-state index contributed by atoms with van der Waals surface area (Å²) in [5, 5.41) is 4.86. The summed E-state index contributed by atoms with van der Waals surface area (Å²) in [6.45, 7) is 0. The lowest BCUT2D eigenvalue weighted by Gasteiger charge is -2.04. The zero-order valence-electron chi connectivity index (χ0n) is 16.1. The van der Waals surface area contributed by atoms with E-state index in [0.29, 0.717) is 39.0 Å². The van der Waals surface area contributed by atoms with Crippen LogP contribution < -0.4 is 5.56 Å². The van der Waals surface area contributed by atoms with Gasteiger partial charge in [-0.25, -0.2) is 15.0 Å². The fourth-order valence-electron chi connectivity index (χ4n) is 3.58. The van der Waals surface area contributed by atoms with E-state index in [0.717, 1.165) is 5.69 Å². The van der Waals surface area contributed by atoms with E-state index in [1.807, 2.05) is 54.6 Å². The number of nitrogens with zero attached hydrogens (tertiary/aromatic N) is 6. The minimum absolute atomic E-state index is 0.238. The molecule has 4 heterocycles. The van der Waals surface area contributed by atoms with E-state index in [1.54, 1.807) is 24.6 Å². The maximum absolute atomic E-state index is 13.5. The standard InChI is InChI=1S/C23H14N6O2/c30-23-19-20-22(27-18-11-5-4-10-17(18)26-20)29(25-13-16-9-6-12-31-16)21(19)24-14-28(23)15-7-2-1-3-8-15/h1-14H/b25-13+. The first-order valence-corrected chi connectivity index (χ1v) is 9.61. The summed E-state index contributed by atoms with van der Waals surface area (Å²) in [6.07, 6.45) is 4.62. The first-order chi connectivity index (χ1) is 15.3. The van der Waals surface area contributed by atoms with Gasteiger partial charge in [0, 0.05) is 0 Å². The predicted molar refractivity (Wildman–Crippen MR) is 118 cm³/mol. The quantitative estimate of drug-likeness (QED) is 0.417. The Morgan fingerprint density at radius 2 is 1.65 bits per heavy atom. The molecule has 8 heteroatoms. The third-order valence-corrected chi connectivity index (χ3v) is 5.02. The van der Waals surface area contributed by atoms with Crippen LogP contribution in [0.3, 0.4) is 0 Å². The van der Waals surface area contributed by atoms with E-state index < -0.39 is 0 Å². The van der Waals surface area contributed by atoms with Crippen molar-refractivity contribution in [2.24, 2.45) is 5.10 Å². The average Bonchev–Trinajstić information content (AvgIpc) is 3.43. The van der Waals surface area contributed by atoms with Gasteiger partial charge in [-0.3, -0.25) is 9.36 Å². The molecular formula is C23H14N6O2. The van der Waals surface area contributed by atoms with Crippen molar-refractivity contribution < 1.29 is 4.42 Å². The van der Waals surface area contributed by atoms with Crippen LogP contribution in [0.5, 0.6) is 0 Å². The molecule has 0 spiro atoms. The molecule has 8 nitrogen and oxygen atoms in total. The van der Waals surface area contributed by atoms with E-state index >= 15 is 0 Å². The number of hydrogen-bond acceptors (Lipinski definition) is 6. The molecule has 0 radical (unpaired) electrons. The van der Waals surface area contributed by atoms with Gasteiger partial charge in [0.25, 0.3) is 5.56 Å². The Hall–Kier alpha value is -4.59. The summed E-state index contributed by atoms with van der Waals surface area (Å²) >= 11 is 0. The maximum atomic E-state index is 13.5. The third-order valence-electron chi connectivity index (χ3n) is 5.02. The van der Waals surface area contributed by atoms with Gasteiger partial charge in [-0.1, -0.05) is 30.3 Å². The van der Waals surface area contributed by atoms with Gasteiger partial charge in [-0.15, -0.1) is 0 Å². The molecule has 0 fully saturated rings.